The molecular formula is C16H29FN4. The van der Waals surface area contributed by atoms with Crippen molar-refractivity contribution >= 4 is 5.82 Å². The Balaban J connectivity index is 2.61. The molecule has 0 saturated carbocycles. The molecule has 0 amide bonds. The van der Waals surface area contributed by atoms with Crippen LogP contribution in [0, 0.1) is 11.7 Å². The smallest absolute Gasteiger partial charge is 0.170 e. The maximum Gasteiger partial charge on any atom is 0.170 e. The maximum absolute atomic E-state index is 14.5. The van der Waals surface area contributed by atoms with E-state index in [2.05, 4.69) is 29.0 Å². The Morgan fingerprint density at radius 3 is 2.57 bits per heavy atom. The van der Waals surface area contributed by atoms with Gasteiger partial charge in [0.25, 0.3) is 0 Å². The lowest BCUT2D eigenvalue weighted by molar-refractivity contribution is 0.401. The average Bonchev–Trinajstić information content (AvgIpc) is 2.39. The minimum Gasteiger partial charge on any atom is -0.357 e. The number of hydrogen-bond donors (Lipinski definition) is 1. The highest BCUT2D eigenvalue weighted by Crippen LogP contribution is 2.18. The van der Waals surface area contributed by atoms with Crippen molar-refractivity contribution in [2.75, 3.05) is 45.7 Å². The second-order valence-electron chi connectivity index (χ2n) is 6.21. The van der Waals surface area contributed by atoms with Crippen molar-refractivity contribution in [3.63, 3.8) is 0 Å². The molecule has 0 aliphatic rings. The number of halogens is 1. The van der Waals surface area contributed by atoms with Gasteiger partial charge in [-0.2, -0.15) is 0 Å². The van der Waals surface area contributed by atoms with E-state index in [1.165, 1.54) is 0 Å². The molecule has 21 heavy (non-hydrogen) atoms. The molecule has 0 bridgehead atoms. The van der Waals surface area contributed by atoms with Gasteiger partial charge in [-0.05, 0) is 45.6 Å². The van der Waals surface area contributed by atoms with Gasteiger partial charge in [0, 0.05) is 31.9 Å². The van der Waals surface area contributed by atoms with Crippen LogP contribution >= 0.6 is 0 Å². The summed E-state index contributed by atoms with van der Waals surface area (Å²) in [7, 11) is 5.98. The second kappa shape index (κ2) is 8.95. The summed E-state index contributed by atoms with van der Waals surface area (Å²) >= 11 is 0. The van der Waals surface area contributed by atoms with Crippen LogP contribution in [0.4, 0.5) is 10.2 Å². The van der Waals surface area contributed by atoms with Crippen molar-refractivity contribution in [3.05, 3.63) is 23.6 Å². The molecule has 0 aliphatic heterocycles. The number of pyridine rings is 1. The normalized spacial score (nSPS) is 11.4. The third kappa shape index (κ3) is 6.40. The van der Waals surface area contributed by atoms with E-state index in [9.17, 15) is 4.39 Å². The lowest BCUT2D eigenvalue weighted by atomic mass is 10.2. The highest BCUT2D eigenvalue weighted by molar-refractivity contribution is 5.42. The zero-order chi connectivity index (χ0) is 15.8. The first-order valence-corrected chi connectivity index (χ1v) is 7.61. The molecule has 0 saturated heterocycles. The quantitative estimate of drug-likeness (QED) is 0.758. The minimum atomic E-state index is -0.207. The molecule has 0 fully saturated rings. The van der Waals surface area contributed by atoms with Crippen LogP contribution in [0.3, 0.4) is 0 Å². The first kappa shape index (κ1) is 17.9. The fourth-order valence-electron chi connectivity index (χ4n) is 2.10. The molecular weight excluding hydrogens is 267 g/mol. The third-order valence-electron chi connectivity index (χ3n) is 3.28. The summed E-state index contributed by atoms with van der Waals surface area (Å²) in [5.74, 6) is 0.793. The zero-order valence-electron chi connectivity index (χ0n) is 14.0. The third-order valence-corrected chi connectivity index (χ3v) is 3.28. The summed E-state index contributed by atoms with van der Waals surface area (Å²) in [4.78, 5) is 8.21. The van der Waals surface area contributed by atoms with E-state index in [0.29, 0.717) is 23.8 Å². The molecule has 1 N–H and O–H groups in total. The fourth-order valence-corrected chi connectivity index (χ4v) is 2.10. The highest BCUT2D eigenvalue weighted by atomic mass is 19.1. The fraction of sp³-hybridized carbons (Fsp3) is 0.688. The Labute approximate surface area is 128 Å². The topological polar surface area (TPSA) is 31.4 Å². The van der Waals surface area contributed by atoms with Crippen LogP contribution in [0.25, 0.3) is 0 Å². The van der Waals surface area contributed by atoms with Crippen molar-refractivity contribution in [2.24, 2.45) is 5.92 Å². The Morgan fingerprint density at radius 2 is 1.95 bits per heavy atom. The molecule has 0 spiro atoms. The van der Waals surface area contributed by atoms with E-state index < -0.39 is 0 Å². The standard InChI is InChI=1S/C16H29FN4/c1-13(2)11-18-12-14-7-8-19-16(15(14)17)21(5)10-6-9-20(3)4/h7-8,13,18H,6,9-12H2,1-5H3. The SMILES string of the molecule is CC(C)CNCc1ccnc(N(C)CCCN(C)C)c1F. The van der Waals surface area contributed by atoms with Crippen LogP contribution in [0.15, 0.2) is 12.3 Å². The number of hydrogen-bond acceptors (Lipinski definition) is 4. The van der Waals surface area contributed by atoms with Crippen LogP contribution in [-0.4, -0.2) is 50.7 Å². The Morgan fingerprint density at radius 1 is 1.24 bits per heavy atom. The van der Waals surface area contributed by atoms with Gasteiger partial charge in [0.2, 0.25) is 0 Å². The Kier molecular flexibility index (Phi) is 7.61. The first-order valence-electron chi connectivity index (χ1n) is 7.61. The first-order chi connectivity index (χ1) is 9.91. The van der Waals surface area contributed by atoms with E-state index in [0.717, 1.165) is 26.1 Å². The maximum atomic E-state index is 14.5. The summed E-state index contributed by atoms with van der Waals surface area (Å²) in [6.45, 7) is 7.49. The number of aromatic nitrogens is 1. The van der Waals surface area contributed by atoms with Gasteiger partial charge in [0.05, 0.1) is 0 Å². The van der Waals surface area contributed by atoms with E-state index in [1.807, 2.05) is 26.0 Å². The molecule has 1 heterocycles. The van der Waals surface area contributed by atoms with E-state index in [-0.39, 0.29) is 5.82 Å². The van der Waals surface area contributed by atoms with Gasteiger partial charge in [-0.3, -0.25) is 0 Å². The van der Waals surface area contributed by atoms with E-state index in [4.69, 9.17) is 0 Å². The van der Waals surface area contributed by atoms with Crippen molar-refractivity contribution in [1.29, 1.82) is 0 Å². The van der Waals surface area contributed by atoms with Gasteiger partial charge in [0.15, 0.2) is 11.6 Å². The van der Waals surface area contributed by atoms with E-state index in [1.54, 1.807) is 12.3 Å². The van der Waals surface area contributed by atoms with Crippen molar-refractivity contribution in [3.8, 4) is 0 Å². The van der Waals surface area contributed by atoms with Crippen LogP contribution < -0.4 is 10.2 Å². The Bertz CT molecular complexity index is 421. The van der Waals surface area contributed by atoms with Crippen molar-refractivity contribution in [1.82, 2.24) is 15.2 Å². The number of anilines is 1. The van der Waals surface area contributed by atoms with Crippen molar-refractivity contribution in [2.45, 2.75) is 26.8 Å². The summed E-state index contributed by atoms with van der Waals surface area (Å²) in [5, 5.41) is 3.27. The van der Waals surface area contributed by atoms with E-state index >= 15 is 0 Å². The van der Waals surface area contributed by atoms with Gasteiger partial charge < -0.3 is 15.1 Å². The molecule has 0 aromatic carbocycles. The second-order valence-corrected chi connectivity index (χ2v) is 6.21. The van der Waals surface area contributed by atoms with Crippen molar-refractivity contribution < 1.29 is 4.39 Å². The molecule has 0 atom stereocenters. The van der Waals surface area contributed by atoms with Crippen LogP contribution in [0.1, 0.15) is 25.8 Å². The van der Waals surface area contributed by atoms with Crippen LogP contribution in [-0.2, 0) is 6.54 Å². The average molecular weight is 296 g/mol. The van der Waals surface area contributed by atoms with Gasteiger partial charge in [-0.15, -0.1) is 0 Å². The molecule has 120 valence electrons. The Hall–Kier alpha value is -1.20. The monoisotopic (exact) mass is 296 g/mol. The van der Waals surface area contributed by atoms with Gasteiger partial charge >= 0.3 is 0 Å². The number of rotatable bonds is 9. The van der Waals surface area contributed by atoms with Crippen LogP contribution in [0.5, 0.6) is 0 Å². The molecule has 0 aliphatic carbocycles. The molecule has 1 aromatic rings. The number of nitrogens with zero attached hydrogens (tertiary/aromatic N) is 3. The summed E-state index contributed by atoms with van der Waals surface area (Å²) in [6, 6.07) is 1.75. The molecule has 1 rings (SSSR count). The minimum absolute atomic E-state index is 0.207. The van der Waals surface area contributed by atoms with Gasteiger partial charge in [-0.25, -0.2) is 9.37 Å². The molecule has 0 radical (unpaired) electrons. The lowest BCUT2D eigenvalue weighted by Crippen LogP contribution is -2.26. The largest absolute Gasteiger partial charge is 0.357 e. The summed E-state index contributed by atoms with van der Waals surface area (Å²) in [6.07, 6.45) is 2.67. The molecule has 5 heteroatoms. The molecule has 4 nitrogen and oxygen atoms in total. The molecule has 1 aromatic heterocycles. The van der Waals surface area contributed by atoms with Gasteiger partial charge in [0.1, 0.15) is 0 Å². The lowest BCUT2D eigenvalue weighted by Gasteiger charge is -2.21. The molecule has 0 unspecified atom stereocenters. The number of nitrogens with one attached hydrogen (secondary N) is 1. The van der Waals surface area contributed by atoms with Crippen LogP contribution in [0.2, 0.25) is 0 Å². The van der Waals surface area contributed by atoms with Gasteiger partial charge in [-0.1, -0.05) is 13.8 Å². The summed E-state index contributed by atoms with van der Waals surface area (Å²) < 4.78 is 14.5. The zero-order valence-corrected chi connectivity index (χ0v) is 14.0. The predicted molar refractivity (Wildman–Crippen MR) is 87.2 cm³/mol. The summed E-state index contributed by atoms with van der Waals surface area (Å²) in [5.41, 5.74) is 0.681. The predicted octanol–water partition coefficient (Wildman–Crippen LogP) is 2.35. The highest BCUT2D eigenvalue weighted by Gasteiger charge is 2.13.